The van der Waals surface area contributed by atoms with E-state index >= 15 is 0 Å². The zero-order chi connectivity index (χ0) is 12.3. The predicted octanol–water partition coefficient (Wildman–Crippen LogP) is 3.77. The molecular weight excluding hydrogens is 212 g/mol. The van der Waals surface area contributed by atoms with E-state index in [1.54, 1.807) is 0 Å². The Morgan fingerprint density at radius 3 is 2.18 bits per heavy atom. The molecule has 1 fully saturated rings. The number of ether oxygens (including phenoxy) is 2. The van der Waals surface area contributed by atoms with Crippen LogP contribution in [-0.4, -0.2) is 19.5 Å². The van der Waals surface area contributed by atoms with Crippen LogP contribution in [0.25, 0.3) is 0 Å². The molecule has 1 aliphatic heterocycles. The van der Waals surface area contributed by atoms with Crippen molar-refractivity contribution in [3.05, 3.63) is 12.2 Å². The second kappa shape index (κ2) is 5.53. The normalized spacial score (nSPS) is 33.8. The highest BCUT2D eigenvalue weighted by Crippen LogP contribution is 2.37. The average molecular weight is 238 g/mol. The molecule has 1 heterocycles. The Labute approximate surface area is 105 Å². The molecule has 0 unspecified atom stereocenters. The Bertz CT molecular complexity index is 258. The van der Waals surface area contributed by atoms with Gasteiger partial charge in [0.05, 0.1) is 13.2 Å². The topological polar surface area (TPSA) is 18.5 Å². The van der Waals surface area contributed by atoms with Crippen LogP contribution in [0.1, 0.15) is 46.5 Å². The first kappa shape index (κ1) is 13.1. The molecule has 0 amide bonds. The van der Waals surface area contributed by atoms with Crippen molar-refractivity contribution in [1.29, 1.82) is 0 Å². The minimum atomic E-state index is 0.0289. The molecule has 2 aliphatic rings. The van der Waals surface area contributed by atoms with E-state index in [-0.39, 0.29) is 11.7 Å². The van der Waals surface area contributed by atoms with Gasteiger partial charge in [0.1, 0.15) is 0 Å². The smallest absolute Gasteiger partial charge is 0.160 e. The van der Waals surface area contributed by atoms with E-state index in [1.807, 2.05) is 0 Å². The van der Waals surface area contributed by atoms with Gasteiger partial charge in [0.2, 0.25) is 0 Å². The van der Waals surface area contributed by atoms with Crippen LogP contribution in [0.5, 0.6) is 0 Å². The lowest BCUT2D eigenvalue weighted by atomic mass is 9.81. The fraction of sp³-hybridized carbons (Fsp3) is 0.867. The van der Waals surface area contributed by atoms with Crippen LogP contribution in [0, 0.1) is 17.3 Å². The molecule has 0 aromatic rings. The lowest BCUT2D eigenvalue weighted by Crippen LogP contribution is -2.45. The molecule has 2 nitrogen and oxygen atoms in total. The van der Waals surface area contributed by atoms with Gasteiger partial charge in [-0.15, -0.1) is 0 Å². The fourth-order valence-corrected chi connectivity index (χ4v) is 2.86. The van der Waals surface area contributed by atoms with Crippen LogP contribution in [0.3, 0.4) is 0 Å². The van der Waals surface area contributed by atoms with E-state index in [0.717, 1.165) is 32.5 Å². The number of hydrogen-bond acceptors (Lipinski definition) is 2. The summed E-state index contributed by atoms with van der Waals surface area (Å²) in [5.41, 5.74) is 0.268. The maximum Gasteiger partial charge on any atom is 0.160 e. The van der Waals surface area contributed by atoms with Crippen LogP contribution < -0.4 is 0 Å². The van der Waals surface area contributed by atoms with Crippen LogP contribution in [0.15, 0.2) is 12.2 Å². The second-order valence-electron chi connectivity index (χ2n) is 5.78. The molecule has 0 aromatic carbocycles. The summed E-state index contributed by atoms with van der Waals surface area (Å²) in [6.45, 7) is 8.53. The molecule has 17 heavy (non-hydrogen) atoms. The van der Waals surface area contributed by atoms with Crippen molar-refractivity contribution >= 4 is 0 Å². The summed E-state index contributed by atoms with van der Waals surface area (Å²) >= 11 is 0. The second-order valence-corrected chi connectivity index (χ2v) is 5.78. The Morgan fingerprint density at radius 2 is 1.65 bits per heavy atom. The van der Waals surface area contributed by atoms with Gasteiger partial charge in [-0.2, -0.15) is 0 Å². The van der Waals surface area contributed by atoms with Crippen LogP contribution in [0.4, 0.5) is 0 Å². The van der Waals surface area contributed by atoms with Crippen molar-refractivity contribution in [3.8, 4) is 0 Å². The molecule has 0 radical (unpaired) electrons. The Morgan fingerprint density at radius 1 is 1.06 bits per heavy atom. The molecule has 1 saturated heterocycles. The third-order valence-electron chi connectivity index (χ3n) is 4.77. The number of rotatable bonds is 3. The number of allylic oxidation sites excluding steroid dienone is 2. The molecule has 0 N–H and O–H groups in total. The van der Waals surface area contributed by atoms with Crippen LogP contribution >= 0.6 is 0 Å². The molecule has 2 atom stereocenters. The Hall–Kier alpha value is -0.340. The van der Waals surface area contributed by atoms with Crippen molar-refractivity contribution in [2.24, 2.45) is 17.3 Å². The first-order valence-corrected chi connectivity index (χ1v) is 7.09. The minimum absolute atomic E-state index is 0.0289. The first-order chi connectivity index (χ1) is 8.21. The van der Waals surface area contributed by atoms with Gasteiger partial charge in [-0.3, -0.25) is 0 Å². The first-order valence-electron chi connectivity index (χ1n) is 7.09. The highest BCUT2D eigenvalue weighted by Gasteiger charge is 2.38. The maximum atomic E-state index is 6.03. The van der Waals surface area contributed by atoms with Gasteiger partial charge in [0, 0.05) is 11.3 Å². The zero-order valence-electron chi connectivity index (χ0n) is 11.4. The molecule has 98 valence electrons. The van der Waals surface area contributed by atoms with E-state index in [4.69, 9.17) is 9.47 Å². The molecule has 2 rings (SSSR count). The monoisotopic (exact) mass is 238 g/mol. The summed E-state index contributed by atoms with van der Waals surface area (Å²) in [5.74, 6) is 1.23. The van der Waals surface area contributed by atoms with Gasteiger partial charge in [-0.1, -0.05) is 32.9 Å². The zero-order valence-corrected chi connectivity index (χ0v) is 11.4. The third-order valence-corrected chi connectivity index (χ3v) is 4.77. The Balaban J connectivity index is 1.92. The predicted molar refractivity (Wildman–Crippen MR) is 69.7 cm³/mol. The summed E-state index contributed by atoms with van der Waals surface area (Å²) in [7, 11) is 0. The molecule has 0 saturated carbocycles. The van der Waals surface area contributed by atoms with E-state index < -0.39 is 0 Å². The van der Waals surface area contributed by atoms with E-state index in [9.17, 15) is 0 Å². The minimum Gasteiger partial charge on any atom is -0.352 e. The van der Waals surface area contributed by atoms with Crippen molar-refractivity contribution in [2.45, 2.75) is 52.7 Å². The highest BCUT2D eigenvalue weighted by molar-refractivity contribution is 4.95. The largest absolute Gasteiger partial charge is 0.352 e. The van der Waals surface area contributed by atoms with Gasteiger partial charge in [0.15, 0.2) is 6.29 Å². The van der Waals surface area contributed by atoms with Gasteiger partial charge >= 0.3 is 0 Å². The maximum absolute atomic E-state index is 6.03. The van der Waals surface area contributed by atoms with Crippen LogP contribution in [-0.2, 0) is 9.47 Å². The molecule has 0 spiro atoms. The van der Waals surface area contributed by atoms with Crippen LogP contribution in [0.2, 0.25) is 0 Å². The molecular formula is C15H26O2. The summed E-state index contributed by atoms with van der Waals surface area (Å²) in [5, 5.41) is 0. The van der Waals surface area contributed by atoms with Crippen molar-refractivity contribution < 1.29 is 9.47 Å². The molecule has 0 bridgehead atoms. The average Bonchev–Trinajstić information content (AvgIpc) is 2.40. The van der Waals surface area contributed by atoms with Gasteiger partial charge < -0.3 is 9.47 Å². The lowest BCUT2D eigenvalue weighted by molar-refractivity contribution is -0.257. The number of hydrogen-bond donors (Lipinski definition) is 0. The van der Waals surface area contributed by atoms with Crippen molar-refractivity contribution in [2.75, 3.05) is 13.2 Å². The summed E-state index contributed by atoms with van der Waals surface area (Å²) in [6, 6.07) is 0. The lowest BCUT2D eigenvalue weighted by Gasteiger charge is -2.43. The molecule has 1 aliphatic carbocycles. The van der Waals surface area contributed by atoms with Crippen molar-refractivity contribution in [1.82, 2.24) is 0 Å². The third kappa shape index (κ3) is 2.74. The van der Waals surface area contributed by atoms with Crippen molar-refractivity contribution in [3.63, 3.8) is 0 Å². The highest BCUT2D eigenvalue weighted by atomic mass is 16.7. The van der Waals surface area contributed by atoms with E-state index in [0.29, 0.717) is 11.8 Å². The molecule has 0 aromatic heterocycles. The van der Waals surface area contributed by atoms with E-state index in [1.165, 1.54) is 6.42 Å². The summed E-state index contributed by atoms with van der Waals surface area (Å²) in [4.78, 5) is 0. The van der Waals surface area contributed by atoms with Gasteiger partial charge in [-0.25, -0.2) is 0 Å². The Kier molecular flexibility index (Phi) is 4.26. The van der Waals surface area contributed by atoms with Gasteiger partial charge in [0.25, 0.3) is 0 Å². The fourth-order valence-electron chi connectivity index (χ4n) is 2.86. The molecule has 2 heteroatoms. The quantitative estimate of drug-likeness (QED) is 0.697. The SMILES string of the molecule is CCC1(CC)COC([C@H]2CC=CC[C@H]2C)OC1. The summed E-state index contributed by atoms with van der Waals surface area (Å²) < 4.78 is 12.1. The summed E-state index contributed by atoms with van der Waals surface area (Å²) in [6.07, 6.45) is 9.16. The standard InChI is InChI=1S/C15H26O2/c1-4-15(5-2)10-16-14(17-11-15)13-9-7-6-8-12(13)3/h6-7,12-14H,4-5,8-11H2,1-3H3/t12-,13+/m1/s1. The van der Waals surface area contributed by atoms with E-state index in [2.05, 4.69) is 32.9 Å². The van der Waals surface area contributed by atoms with Gasteiger partial charge in [-0.05, 0) is 31.6 Å².